The Bertz CT molecular complexity index is 1010. The van der Waals surface area contributed by atoms with Crippen LogP contribution in [0.1, 0.15) is 21.8 Å². The number of carbonyl (C=O) groups is 1. The second-order valence-corrected chi connectivity index (χ2v) is 8.18. The van der Waals surface area contributed by atoms with E-state index in [0.29, 0.717) is 17.1 Å². The number of anilines is 1. The highest BCUT2D eigenvalue weighted by atomic mass is 32.2. The maximum absolute atomic E-state index is 12.4. The number of hydrogen-bond acceptors (Lipinski definition) is 7. The first-order valence-electron chi connectivity index (χ1n) is 8.44. The zero-order valence-corrected chi connectivity index (χ0v) is 17.3. The molecule has 1 aromatic carbocycles. The minimum Gasteiger partial charge on any atom is -0.319 e. The van der Waals surface area contributed by atoms with Crippen LogP contribution in [0.25, 0.3) is 0 Å². The fraction of sp³-hybridized carbons (Fsp3) is 0.278. The van der Waals surface area contributed by atoms with E-state index in [1.54, 1.807) is 24.3 Å². The van der Waals surface area contributed by atoms with Gasteiger partial charge in [0.15, 0.2) is 5.16 Å². The molecule has 0 fully saturated rings. The summed E-state index contributed by atoms with van der Waals surface area (Å²) in [6.07, 6.45) is 0.683. The number of aromatic nitrogens is 3. The van der Waals surface area contributed by atoms with Crippen LogP contribution in [0.5, 0.6) is 0 Å². The molecule has 0 aliphatic rings. The van der Waals surface area contributed by atoms with E-state index < -0.39 is 4.92 Å². The molecule has 2 aromatic heterocycles. The molecule has 10 heteroatoms. The Kier molecular flexibility index (Phi) is 6.10. The van der Waals surface area contributed by atoms with E-state index in [2.05, 4.69) is 15.5 Å². The van der Waals surface area contributed by atoms with E-state index >= 15 is 0 Å². The summed E-state index contributed by atoms with van der Waals surface area (Å²) in [4.78, 5) is 24.3. The Morgan fingerprint density at radius 1 is 1.32 bits per heavy atom. The zero-order valence-electron chi connectivity index (χ0n) is 15.6. The van der Waals surface area contributed by atoms with E-state index in [9.17, 15) is 14.9 Å². The Balaban J connectivity index is 1.66. The van der Waals surface area contributed by atoms with Gasteiger partial charge in [-0.2, -0.15) is 0 Å². The van der Waals surface area contributed by atoms with E-state index in [1.807, 2.05) is 36.1 Å². The summed E-state index contributed by atoms with van der Waals surface area (Å²) in [6, 6.07) is 7.11. The third kappa shape index (κ3) is 4.39. The summed E-state index contributed by atoms with van der Waals surface area (Å²) < 4.78 is 1.86. The highest BCUT2D eigenvalue weighted by Crippen LogP contribution is 2.30. The van der Waals surface area contributed by atoms with Gasteiger partial charge in [0.05, 0.1) is 10.7 Å². The van der Waals surface area contributed by atoms with Crippen LogP contribution in [0, 0.1) is 24.0 Å². The normalized spacial score (nSPS) is 10.8. The summed E-state index contributed by atoms with van der Waals surface area (Å²) in [5.74, 6) is 0.565. The Morgan fingerprint density at radius 3 is 2.79 bits per heavy atom. The van der Waals surface area contributed by atoms with Crippen molar-refractivity contribution in [3.05, 3.63) is 61.6 Å². The molecule has 0 aliphatic carbocycles. The average molecular weight is 418 g/mol. The summed E-state index contributed by atoms with van der Waals surface area (Å²) in [5, 5.41) is 24.9. The lowest BCUT2D eigenvalue weighted by Crippen LogP contribution is -2.17. The third-order valence-corrected chi connectivity index (χ3v) is 6.24. The first-order valence-corrected chi connectivity index (χ1v) is 10.3. The van der Waals surface area contributed by atoms with Gasteiger partial charge in [-0.3, -0.25) is 14.9 Å². The quantitative estimate of drug-likeness (QED) is 0.357. The zero-order chi connectivity index (χ0) is 20.3. The number of hydrogen-bond donors (Lipinski definition) is 1. The molecule has 0 aliphatic heterocycles. The lowest BCUT2D eigenvalue weighted by molar-refractivity contribution is -0.384. The second kappa shape index (κ2) is 8.53. The van der Waals surface area contributed by atoms with Gasteiger partial charge in [0, 0.05) is 24.4 Å². The van der Waals surface area contributed by atoms with Gasteiger partial charge >= 0.3 is 0 Å². The molecule has 8 nitrogen and oxygen atoms in total. The van der Waals surface area contributed by atoms with Crippen LogP contribution in [0.4, 0.5) is 11.4 Å². The molecule has 0 spiro atoms. The number of thioether (sulfide) groups is 1. The van der Waals surface area contributed by atoms with Crippen LogP contribution in [0.15, 0.2) is 34.8 Å². The number of nitro groups is 1. The minimum atomic E-state index is -0.491. The molecule has 2 heterocycles. The molecular formula is C18H19N5O3S2. The molecule has 1 N–H and O–H groups in total. The maximum atomic E-state index is 12.4. The fourth-order valence-electron chi connectivity index (χ4n) is 2.61. The van der Waals surface area contributed by atoms with Crippen molar-refractivity contribution < 1.29 is 9.72 Å². The number of benzene rings is 1. The third-order valence-electron chi connectivity index (χ3n) is 4.34. The second-order valence-electron chi connectivity index (χ2n) is 6.21. The van der Waals surface area contributed by atoms with Gasteiger partial charge in [0.2, 0.25) is 5.91 Å². The predicted molar refractivity (Wildman–Crippen MR) is 110 cm³/mol. The van der Waals surface area contributed by atoms with Gasteiger partial charge in [-0.15, -0.1) is 21.5 Å². The first-order chi connectivity index (χ1) is 13.4. The molecule has 0 radical (unpaired) electrons. The van der Waals surface area contributed by atoms with Crippen LogP contribution >= 0.6 is 23.1 Å². The first kappa shape index (κ1) is 20.0. The number of thiophene rings is 1. The smallest absolute Gasteiger partial charge is 0.293 e. The summed E-state index contributed by atoms with van der Waals surface area (Å²) in [6.45, 7) is 3.60. The number of carbonyl (C=O) groups excluding carboxylic acids is 1. The van der Waals surface area contributed by atoms with Crippen LogP contribution in [-0.2, 0) is 18.3 Å². The van der Waals surface area contributed by atoms with E-state index in [0.717, 1.165) is 11.4 Å². The van der Waals surface area contributed by atoms with Crippen molar-refractivity contribution in [3.63, 3.8) is 0 Å². The van der Waals surface area contributed by atoms with E-state index in [1.165, 1.54) is 22.7 Å². The predicted octanol–water partition coefficient (Wildman–Crippen LogP) is 3.72. The minimum absolute atomic E-state index is 0.0789. The largest absolute Gasteiger partial charge is 0.319 e. The summed E-state index contributed by atoms with van der Waals surface area (Å²) in [5.41, 5.74) is 1.69. The molecular weight excluding hydrogens is 398 g/mol. The van der Waals surface area contributed by atoms with Crippen LogP contribution < -0.4 is 5.32 Å². The van der Waals surface area contributed by atoms with Gasteiger partial charge in [0.1, 0.15) is 11.5 Å². The number of nitrogens with one attached hydrogen (secondary N) is 1. The van der Waals surface area contributed by atoms with Crippen LogP contribution in [0.3, 0.4) is 0 Å². The van der Waals surface area contributed by atoms with Gasteiger partial charge in [-0.1, -0.05) is 23.9 Å². The van der Waals surface area contributed by atoms with Crippen molar-refractivity contribution in [2.75, 3.05) is 11.1 Å². The molecule has 146 valence electrons. The fourth-order valence-corrected chi connectivity index (χ4v) is 4.04. The van der Waals surface area contributed by atoms with Crippen molar-refractivity contribution in [2.24, 2.45) is 7.05 Å². The maximum Gasteiger partial charge on any atom is 0.293 e. The SMILES string of the molecule is Cc1ccc([N+](=O)[O-])c(NC(=O)CSc2nnc(Cc3cccs3)n2C)c1C. The lowest BCUT2D eigenvalue weighted by atomic mass is 10.1. The van der Waals surface area contributed by atoms with Crippen molar-refractivity contribution >= 4 is 40.4 Å². The number of nitrogens with zero attached hydrogens (tertiary/aromatic N) is 4. The topological polar surface area (TPSA) is 103 Å². The highest BCUT2D eigenvalue weighted by Gasteiger charge is 2.20. The Labute approximate surface area is 170 Å². The van der Waals surface area contributed by atoms with Gasteiger partial charge in [-0.05, 0) is 36.4 Å². The van der Waals surface area contributed by atoms with E-state index in [4.69, 9.17) is 0 Å². The molecule has 3 rings (SSSR count). The molecule has 28 heavy (non-hydrogen) atoms. The Hall–Kier alpha value is -2.72. The standard InChI is InChI=1S/C18H19N5O3S2/c1-11-6-7-14(23(25)26)17(12(11)2)19-16(24)10-28-18-21-20-15(22(18)3)9-13-5-4-8-27-13/h4-8H,9-10H2,1-3H3,(H,19,24). The molecule has 3 aromatic rings. The molecule has 0 unspecified atom stereocenters. The molecule has 0 saturated heterocycles. The van der Waals surface area contributed by atoms with E-state index in [-0.39, 0.29) is 23.0 Å². The van der Waals surface area contributed by atoms with Crippen molar-refractivity contribution in [3.8, 4) is 0 Å². The van der Waals surface area contributed by atoms with Crippen molar-refractivity contribution in [2.45, 2.75) is 25.4 Å². The van der Waals surface area contributed by atoms with Crippen LogP contribution in [0.2, 0.25) is 0 Å². The number of rotatable bonds is 7. The van der Waals surface area contributed by atoms with Gasteiger partial charge in [-0.25, -0.2) is 0 Å². The number of aryl methyl sites for hydroxylation is 1. The highest BCUT2D eigenvalue weighted by molar-refractivity contribution is 7.99. The molecule has 0 bridgehead atoms. The van der Waals surface area contributed by atoms with Crippen LogP contribution in [-0.4, -0.2) is 31.3 Å². The average Bonchev–Trinajstić information content (AvgIpc) is 3.28. The summed E-state index contributed by atoms with van der Waals surface area (Å²) >= 11 is 2.90. The molecule has 0 saturated carbocycles. The monoisotopic (exact) mass is 417 g/mol. The summed E-state index contributed by atoms with van der Waals surface area (Å²) in [7, 11) is 1.86. The van der Waals surface area contributed by atoms with Gasteiger partial charge in [0.25, 0.3) is 5.69 Å². The lowest BCUT2D eigenvalue weighted by Gasteiger charge is -2.11. The molecule has 1 amide bonds. The molecule has 0 atom stereocenters. The number of nitro benzene ring substituents is 1. The van der Waals surface area contributed by atoms with Crippen molar-refractivity contribution in [1.29, 1.82) is 0 Å². The Morgan fingerprint density at radius 2 is 2.11 bits per heavy atom. The number of amides is 1. The van der Waals surface area contributed by atoms with Gasteiger partial charge < -0.3 is 9.88 Å². The van der Waals surface area contributed by atoms with Crippen molar-refractivity contribution in [1.82, 2.24) is 14.8 Å².